The lowest BCUT2D eigenvalue weighted by Gasteiger charge is -2.27. The van der Waals surface area contributed by atoms with Crippen molar-refractivity contribution in [1.29, 1.82) is 0 Å². The zero-order chi connectivity index (χ0) is 11.4. The molecule has 0 heterocycles. The second-order valence-electron chi connectivity index (χ2n) is 6.46. The number of benzene rings is 1. The van der Waals surface area contributed by atoms with Crippen LogP contribution in [0.15, 0.2) is 24.3 Å². The summed E-state index contributed by atoms with van der Waals surface area (Å²) in [6, 6.07) is 9.27. The van der Waals surface area contributed by atoms with Gasteiger partial charge in [0.15, 0.2) is 0 Å². The summed E-state index contributed by atoms with van der Waals surface area (Å²) in [6.45, 7) is 2.18. The Morgan fingerprint density at radius 1 is 1.06 bits per heavy atom. The fraction of sp³-hybridized carbons (Fsp3) is 0.588. The van der Waals surface area contributed by atoms with Gasteiger partial charge in [0.2, 0.25) is 0 Å². The first-order valence-electron chi connectivity index (χ1n) is 7.25. The van der Waals surface area contributed by atoms with Gasteiger partial charge in [-0.15, -0.1) is 0 Å². The first-order valence-corrected chi connectivity index (χ1v) is 7.25. The molecule has 0 amide bonds. The monoisotopic (exact) mass is 225 g/mol. The molecule has 4 atom stereocenters. The number of hydrogen-bond acceptors (Lipinski definition) is 0. The van der Waals surface area contributed by atoms with E-state index in [1.54, 1.807) is 11.5 Å². The molecule has 0 heteroatoms. The van der Waals surface area contributed by atoms with Crippen LogP contribution in [-0.2, 0) is 0 Å². The third-order valence-electron chi connectivity index (χ3n) is 5.66. The van der Waals surface area contributed by atoms with Gasteiger partial charge in [-0.1, -0.05) is 6.42 Å². The number of hydrogen-bond donors (Lipinski definition) is 0. The highest BCUT2D eigenvalue weighted by Gasteiger charge is 2.57. The third-order valence-corrected chi connectivity index (χ3v) is 5.66. The summed E-state index contributed by atoms with van der Waals surface area (Å²) in [7, 11) is 0. The first kappa shape index (κ1) is 10.1. The average molecular weight is 225 g/mol. The van der Waals surface area contributed by atoms with E-state index in [1.165, 1.54) is 37.7 Å². The minimum absolute atomic E-state index is 0.954. The smallest absolute Gasteiger partial charge is 0.0527 e. The predicted octanol–water partition coefficient (Wildman–Crippen LogP) is 4.37. The molecule has 0 radical (unpaired) electrons. The topological polar surface area (TPSA) is 0 Å². The Bertz CT molecular complexity index is 416. The van der Waals surface area contributed by atoms with Gasteiger partial charge < -0.3 is 0 Å². The van der Waals surface area contributed by atoms with Crippen LogP contribution in [0.4, 0.5) is 0 Å². The highest BCUT2D eigenvalue weighted by molar-refractivity contribution is 5.38. The molecule has 0 unspecified atom stereocenters. The van der Waals surface area contributed by atoms with Crippen LogP contribution in [0.2, 0.25) is 0 Å². The molecule has 4 rings (SSSR count). The Kier molecular flexibility index (Phi) is 2.09. The fourth-order valence-electron chi connectivity index (χ4n) is 4.95. The molecule has 0 spiro atoms. The summed E-state index contributed by atoms with van der Waals surface area (Å²) in [6.07, 6.45) is 7.48. The summed E-state index contributed by atoms with van der Waals surface area (Å²) < 4.78 is 0. The van der Waals surface area contributed by atoms with Crippen molar-refractivity contribution in [1.82, 2.24) is 0 Å². The van der Waals surface area contributed by atoms with E-state index in [2.05, 4.69) is 31.2 Å². The molecule has 17 heavy (non-hydrogen) atoms. The van der Waals surface area contributed by atoms with Crippen LogP contribution >= 0.6 is 0 Å². The largest absolute Gasteiger partial charge is 0.133 e. The Balaban J connectivity index is 1.63. The molecule has 3 aliphatic rings. The van der Waals surface area contributed by atoms with Crippen LogP contribution in [0.3, 0.4) is 0 Å². The lowest BCUT2D eigenvalue weighted by molar-refractivity contribution is 0.285. The number of rotatable bonds is 1. The highest BCUT2D eigenvalue weighted by Crippen LogP contribution is 2.63. The predicted molar refractivity (Wildman–Crippen MR) is 70.6 cm³/mol. The van der Waals surface area contributed by atoms with Gasteiger partial charge in [0, 0.05) is 30.4 Å². The van der Waals surface area contributed by atoms with Crippen LogP contribution < -0.4 is 0 Å². The van der Waals surface area contributed by atoms with Crippen molar-refractivity contribution < 1.29 is 0 Å². The molecule has 3 fully saturated rings. The number of fused-ring (bicyclic) bond motifs is 5. The molecule has 1 aromatic rings. The van der Waals surface area contributed by atoms with E-state index >= 15 is 0 Å². The van der Waals surface area contributed by atoms with Gasteiger partial charge >= 0.3 is 0 Å². The zero-order valence-electron chi connectivity index (χ0n) is 10.7. The van der Waals surface area contributed by atoms with Gasteiger partial charge in [0.1, 0.15) is 5.56 Å². The normalized spacial score (nSPS) is 38.8. The van der Waals surface area contributed by atoms with Crippen LogP contribution in [0.5, 0.6) is 0 Å². The molecule has 88 valence electrons. The van der Waals surface area contributed by atoms with Crippen molar-refractivity contribution in [3.05, 3.63) is 41.3 Å². The molecule has 3 saturated carbocycles. The Labute approximate surface area is 104 Å². The summed E-state index contributed by atoms with van der Waals surface area (Å²) in [5.41, 5.74) is 2.93. The van der Waals surface area contributed by atoms with E-state index in [0.717, 1.165) is 23.7 Å². The highest BCUT2D eigenvalue weighted by atomic mass is 14.6. The fourth-order valence-corrected chi connectivity index (χ4v) is 4.95. The standard InChI is InChI=1S/C17H21/c1-11-5-7-12(8-6-11)16-9-13-10-17(16)15-4-2-3-14(13)15/h5-8,13-15,17H,2-4,9-10H2,1H3/q+1/t13-,14-,15-,17+/m1/s1. The summed E-state index contributed by atoms with van der Waals surface area (Å²) >= 11 is 0. The lowest BCUT2D eigenvalue weighted by Crippen LogP contribution is -2.23. The van der Waals surface area contributed by atoms with Crippen molar-refractivity contribution in [2.24, 2.45) is 23.7 Å². The van der Waals surface area contributed by atoms with Crippen molar-refractivity contribution in [2.45, 2.75) is 39.0 Å². The number of aryl methyl sites for hydroxylation is 1. The Morgan fingerprint density at radius 2 is 1.82 bits per heavy atom. The minimum atomic E-state index is 0.954. The van der Waals surface area contributed by atoms with Crippen LogP contribution in [0.25, 0.3) is 0 Å². The molecule has 0 aromatic heterocycles. The van der Waals surface area contributed by atoms with E-state index in [0.29, 0.717) is 0 Å². The molecule has 1 aromatic carbocycles. The SMILES string of the molecule is Cc1ccc([C+]2C[C@@H]3C[C@H]2[C@@H]2CCC[C@H]32)cc1. The van der Waals surface area contributed by atoms with E-state index < -0.39 is 0 Å². The zero-order valence-corrected chi connectivity index (χ0v) is 10.7. The van der Waals surface area contributed by atoms with Crippen molar-refractivity contribution in [3.8, 4) is 0 Å². The van der Waals surface area contributed by atoms with E-state index in [9.17, 15) is 0 Å². The van der Waals surface area contributed by atoms with Gasteiger partial charge in [0.05, 0.1) is 0 Å². The summed E-state index contributed by atoms with van der Waals surface area (Å²) in [5, 5.41) is 0. The second-order valence-corrected chi connectivity index (χ2v) is 6.46. The van der Waals surface area contributed by atoms with Gasteiger partial charge in [-0.3, -0.25) is 0 Å². The Morgan fingerprint density at radius 3 is 2.65 bits per heavy atom. The molecular formula is C17H21+. The molecule has 3 aliphatic carbocycles. The van der Waals surface area contributed by atoms with Crippen LogP contribution in [-0.4, -0.2) is 0 Å². The average Bonchev–Trinajstić information content (AvgIpc) is 3.02. The van der Waals surface area contributed by atoms with Crippen molar-refractivity contribution in [2.75, 3.05) is 0 Å². The quantitative estimate of drug-likeness (QED) is 0.622. The van der Waals surface area contributed by atoms with E-state index in [1.807, 2.05) is 0 Å². The lowest BCUT2D eigenvalue weighted by atomic mass is 9.73. The Hall–Kier alpha value is -0.910. The summed E-state index contributed by atoms with van der Waals surface area (Å²) in [5.74, 6) is 5.97. The third kappa shape index (κ3) is 1.39. The molecule has 0 nitrogen and oxygen atoms in total. The van der Waals surface area contributed by atoms with Gasteiger partial charge in [-0.05, 0) is 61.6 Å². The van der Waals surface area contributed by atoms with E-state index in [4.69, 9.17) is 0 Å². The van der Waals surface area contributed by atoms with Gasteiger partial charge in [-0.2, -0.15) is 0 Å². The van der Waals surface area contributed by atoms with E-state index in [-0.39, 0.29) is 0 Å². The van der Waals surface area contributed by atoms with Crippen LogP contribution in [0.1, 0.15) is 43.2 Å². The molecular weight excluding hydrogens is 204 g/mol. The minimum Gasteiger partial charge on any atom is -0.0527 e. The molecule has 0 N–H and O–H groups in total. The maximum absolute atomic E-state index is 2.36. The molecule has 0 saturated heterocycles. The van der Waals surface area contributed by atoms with Gasteiger partial charge in [0.25, 0.3) is 0 Å². The van der Waals surface area contributed by atoms with Crippen molar-refractivity contribution >= 4 is 0 Å². The maximum atomic E-state index is 2.36. The van der Waals surface area contributed by atoms with Crippen LogP contribution in [0, 0.1) is 36.5 Å². The second kappa shape index (κ2) is 3.54. The van der Waals surface area contributed by atoms with Gasteiger partial charge in [-0.25, -0.2) is 0 Å². The first-order chi connectivity index (χ1) is 8.33. The molecule has 0 aliphatic heterocycles. The van der Waals surface area contributed by atoms with Crippen molar-refractivity contribution in [3.63, 3.8) is 0 Å². The maximum Gasteiger partial charge on any atom is 0.133 e. The molecule has 2 bridgehead atoms. The summed E-state index contributed by atoms with van der Waals surface area (Å²) in [4.78, 5) is 0.